The Kier molecular flexibility index (Phi) is 4.68. The molecule has 0 radical (unpaired) electrons. The molecule has 1 aliphatic rings. The van der Waals surface area contributed by atoms with Crippen LogP contribution in [0.3, 0.4) is 0 Å². The first kappa shape index (κ1) is 16.0. The Morgan fingerprint density at radius 2 is 2.04 bits per heavy atom. The zero-order chi connectivity index (χ0) is 16.4. The molecule has 3 rings (SSSR count). The molecule has 1 saturated heterocycles. The standard InChI is InChI=1S/C17H17ClN2O2S/c1-10(19-17(22)13-6-9-16(21)20-13)14-7-8-15(23-14)11-2-4-12(18)5-3-11/h2-5,7-8,10,13H,6,9H2,1H3,(H,19,22)(H,20,21)/t10-,13-/m1/s1. The second-order valence-corrected chi connectivity index (χ2v) is 7.15. The second-order valence-electron chi connectivity index (χ2n) is 5.60. The van der Waals surface area contributed by atoms with E-state index >= 15 is 0 Å². The van der Waals surface area contributed by atoms with Gasteiger partial charge in [-0.15, -0.1) is 11.3 Å². The van der Waals surface area contributed by atoms with Crippen LogP contribution in [0.4, 0.5) is 0 Å². The maximum Gasteiger partial charge on any atom is 0.243 e. The van der Waals surface area contributed by atoms with E-state index < -0.39 is 6.04 Å². The number of halogens is 1. The van der Waals surface area contributed by atoms with Crippen LogP contribution < -0.4 is 10.6 Å². The van der Waals surface area contributed by atoms with E-state index in [-0.39, 0.29) is 17.9 Å². The van der Waals surface area contributed by atoms with Crippen molar-refractivity contribution in [1.29, 1.82) is 0 Å². The number of carbonyl (C=O) groups excluding carboxylic acids is 2. The summed E-state index contributed by atoms with van der Waals surface area (Å²) in [5.74, 6) is -0.177. The molecule has 1 aromatic heterocycles. The molecule has 1 fully saturated rings. The van der Waals surface area contributed by atoms with Crippen LogP contribution in [0.5, 0.6) is 0 Å². The Morgan fingerprint density at radius 3 is 2.70 bits per heavy atom. The van der Waals surface area contributed by atoms with Crippen molar-refractivity contribution in [2.75, 3.05) is 0 Å². The largest absolute Gasteiger partial charge is 0.347 e. The number of hydrogen-bond donors (Lipinski definition) is 2. The van der Waals surface area contributed by atoms with Gasteiger partial charge in [0.05, 0.1) is 6.04 Å². The highest BCUT2D eigenvalue weighted by Crippen LogP contribution is 2.32. The second kappa shape index (κ2) is 6.72. The molecular weight excluding hydrogens is 332 g/mol. The first-order valence-electron chi connectivity index (χ1n) is 7.48. The Morgan fingerprint density at radius 1 is 1.30 bits per heavy atom. The summed E-state index contributed by atoms with van der Waals surface area (Å²) in [4.78, 5) is 25.6. The lowest BCUT2D eigenvalue weighted by atomic mass is 10.2. The van der Waals surface area contributed by atoms with Gasteiger partial charge in [-0.1, -0.05) is 23.7 Å². The van der Waals surface area contributed by atoms with Crippen molar-refractivity contribution in [1.82, 2.24) is 10.6 Å². The Hall–Kier alpha value is -1.85. The van der Waals surface area contributed by atoms with Gasteiger partial charge in [-0.2, -0.15) is 0 Å². The minimum Gasteiger partial charge on any atom is -0.347 e. The van der Waals surface area contributed by atoms with Gasteiger partial charge in [0.1, 0.15) is 6.04 Å². The van der Waals surface area contributed by atoms with E-state index in [1.54, 1.807) is 11.3 Å². The van der Waals surface area contributed by atoms with E-state index in [1.807, 2.05) is 43.3 Å². The minimum atomic E-state index is -0.402. The topological polar surface area (TPSA) is 58.2 Å². The lowest BCUT2D eigenvalue weighted by molar-refractivity contribution is -0.126. The number of rotatable bonds is 4. The summed E-state index contributed by atoms with van der Waals surface area (Å²) in [5.41, 5.74) is 1.10. The maximum atomic E-state index is 12.2. The summed E-state index contributed by atoms with van der Waals surface area (Å²) >= 11 is 7.55. The first-order chi connectivity index (χ1) is 11.0. The normalized spacial score (nSPS) is 18.5. The Balaban J connectivity index is 1.66. The molecule has 0 saturated carbocycles. The van der Waals surface area contributed by atoms with Crippen molar-refractivity contribution in [2.24, 2.45) is 0 Å². The predicted molar refractivity (Wildman–Crippen MR) is 92.5 cm³/mol. The summed E-state index contributed by atoms with van der Waals surface area (Å²) in [6, 6.07) is 11.3. The van der Waals surface area contributed by atoms with Gasteiger partial charge in [0.15, 0.2) is 0 Å². The van der Waals surface area contributed by atoms with E-state index in [1.165, 1.54) is 0 Å². The lowest BCUT2D eigenvalue weighted by Crippen LogP contribution is -2.42. The Bertz CT molecular complexity index is 726. The average Bonchev–Trinajstić information content (AvgIpc) is 3.17. The van der Waals surface area contributed by atoms with Crippen LogP contribution in [0, 0.1) is 0 Å². The number of nitrogens with one attached hydrogen (secondary N) is 2. The van der Waals surface area contributed by atoms with Crippen LogP contribution in [-0.4, -0.2) is 17.9 Å². The molecule has 2 N–H and O–H groups in total. The van der Waals surface area contributed by atoms with Gasteiger partial charge in [-0.3, -0.25) is 9.59 Å². The number of carbonyl (C=O) groups is 2. The molecule has 0 spiro atoms. The van der Waals surface area contributed by atoms with Crippen molar-refractivity contribution in [3.63, 3.8) is 0 Å². The highest BCUT2D eigenvalue weighted by atomic mass is 35.5. The van der Waals surface area contributed by atoms with Gasteiger partial charge in [-0.05, 0) is 43.2 Å². The van der Waals surface area contributed by atoms with Gasteiger partial charge in [0, 0.05) is 21.2 Å². The van der Waals surface area contributed by atoms with Gasteiger partial charge in [-0.25, -0.2) is 0 Å². The van der Waals surface area contributed by atoms with Gasteiger partial charge < -0.3 is 10.6 Å². The summed E-state index contributed by atoms with van der Waals surface area (Å²) < 4.78 is 0. The van der Waals surface area contributed by atoms with Crippen molar-refractivity contribution < 1.29 is 9.59 Å². The van der Waals surface area contributed by atoms with Crippen LogP contribution in [0.1, 0.15) is 30.7 Å². The molecule has 0 unspecified atom stereocenters. The number of hydrogen-bond acceptors (Lipinski definition) is 3. The van der Waals surface area contributed by atoms with Crippen LogP contribution in [0.15, 0.2) is 36.4 Å². The molecule has 0 aliphatic carbocycles. The summed E-state index contributed by atoms with van der Waals surface area (Å²) in [6.45, 7) is 1.95. The van der Waals surface area contributed by atoms with Crippen LogP contribution >= 0.6 is 22.9 Å². The molecule has 1 aromatic carbocycles. The van der Waals surface area contributed by atoms with Crippen LogP contribution in [-0.2, 0) is 9.59 Å². The van der Waals surface area contributed by atoms with E-state index in [2.05, 4.69) is 10.6 Å². The fraction of sp³-hybridized carbons (Fsp3) is 0.294. The maximum absolute atomic E-state index is 12.2. The van der Waals surface area contributed by atoms with E-state index in [0.717, 1.165) is 15.3 Å². The molecule has 2 atom stereocenters. The molecule has 0 bridgehead atoms. The van der Waals surface area contributed by atoms with Crippen molar-refractivity contribution >= 4 is 34.8 Å². The van der Waals surface area contributed by atoms with Crippen LogP contribution in [0.2, 0.25) is 5.02 Å². The molecule has 2 aromatic rings. The molecule has 2 amide bonds. The van der Waals surface area contributed by atoms with Crippen molar-refractivity contribution in [2.45, 2.75) is 31.8 Å². The van der Waals surface area contributed by atoms with E-state index in [0.29, 0.717) is 17.9 Å². The zero-order valence-electron chi connectivity index (χ0n) is 12.6. The minimum absolute atomic E-state index is 0.0565. The highest BCUT2D eigenvalue weighted by Gasteiger charge is 2.28. The third-order valence-electron chi connectivity index (χ3n) is 3.85. The smallest absolute Gasteiger partial charge is 0.243 e. The first-order valence-corrected chi connectivity index (χ1v) is 8.68. The summed E-state index contributed by atoms with van der Waals surface area (Å²) in [5, 5.41) is 6.37. The third kappa shape index (κ3) is 3.74. The third-order valence-corrected chi connectivity index (χ3v) is 5.42. The van der Waals surface area contributed by atoms with E-state index in [9.17, 15) is 9.59 Å². The van der Waals surface area contributed by atoms with Crippen molar-refractivity contribution in [3.8, 4) is 10.4 Å². The summed E-state index contributed by atoms with van der Waals surface area (Å²) in [7, 11) is 0. The Labute approximate surface area is 143 Å². The fourth-order valence-electron chi connectivity index (χ4n) is 2.55. The molecule has 23 heavy (non-hydrogen) atoms. The highest BCUT2D eigenvalue weighted by molar-refractivity contribution is 7.15. The zero-order valence-corrected chi connectivity index (χ0v) is 14.2. The fourth-order valence-corrected chi connectivity index (χ4v) is 3.69. The molecule has 2 heterocycles. The molecule has 6 heteroatoms. The lowest BCUT2D eigenvalue weighted by Gasteiger charge is -2.16. The quantitative estimate of drug-likeness (QED) is 0.888. The van der Waals surface area contributed by atoms with Crippen LogP contribution in [0.25, 0.3) is 10.4 Å². The van der Waals surface area contributed by atoms with Crippen molar-refractivity contribution in [3.05, 3.63) is 46.3 Å². The SMILES string of the molecule is C[C@@H](NC(=O)[C@H]1CCC(=O)N1)c1ccc(-c2ccc(Cl)cc2)s1. The van der Waals surface area contributed by atoms with Gasteiger partial charge >= 0.3 is 0 Å². The van der Waals surface area contributed by atoms with E-state index in [4.69, 9.17) is 11.6 Å². The average molecular weight is 349 g/mol. The number of amides is 2. The molecular formula is C17H17ClN2O2S. The molecule has 1 aliphatic heterocycles. The summed E-state index contributed by atoms with van der Waals surface area (Å²) in [6.07, 6.45) is 0.990. The number of benzene rings is 1. The monoisotopic (exact) mass is 348 g/mol. The van der Waals surface area contributed by atoms with Gasteiger partial charge in [0.25, 0.3) is 0 Å². The molecule has 4 nitrogen and oxygen atoms in total. The van der Waals surface area contributed by atoms with Gasteiger partial charge in [0.2, 0.25) is 11.8 Å². The molecule has 120 valence electrons. The predicted octanol–water partition coefficient (Wildman–Crippen LogP) is 3.52. The number of thiophene rings is 1.